The summed E-state index contributed by atoms with van der Waals surface area (Å²) in [5, 5.41) is 11.3. The van der Waals surface area contributed by atoms with E-state index in [1.165, 1.54) is 0 Å². The van der Waals surface area contributed by atoms with E-state index in [2.05, 4.69) is 15.9 Å². The van der Waals surface area contributed by atoms with Crippen LogP contribution in [0.1, 0.15) is 35.7 Å². The molecular formula is C20H18BrNO5. The van der Waals surface area contributed by atoms with Crippen molar-refractivity contribution in [2.75, 3.05) is 18.2 Å². The van der Waals surface area contributed by atoms with Gasteiger partial charge in [-0.15, -0.1) is 0 Å². The first-order valence-corrected chi connectivity index (χ1v) is 9.50. The normalized spacial score (nSPS) is 20.1. The highest BCUT2D eigenvalue weighted by atomic mass is 79.9. The minimum atomic E-state index is -1.89. The van der Waals surface area contributed by atoms with Gasteiger partial charge in [0.1, 0.15) is 0 Å². The predicted octanol–water partition coefficient (Wildman–Crippen LogP) is 3.40. The van der Waals surface area contributed by atoms with Crippen LogP contribution < -0.4 is 14.4 Å². The minimum Gasteiger partial charge on any atom is -0.454 e. The van der Waals surface area contributed by atoms with Crippen LogP contribution in [0.3, 0.4) is 0 Å². The summed E-state index contributed by atoms with van der Waals surface area (Å²) in [6, 6.07) is 10.2. The summed E-state index contributed by atoms with van der Waals surface area (Å²) in [5.41, 5.74) is -0.428. The van der Waals surface area contributed by atoms with Crippen molar-refractivity contribution in [3.05, 3.63) is 52.0 Å². The average Bonchev–Trinajstić information content (AvgIpc) is 3.19. The summed E-state index contributed by atoms with van der Waals surface area (Å²) in [6.07, 6.45) is 0.405. The number of halogens is 1. The SMILES string of the molecule is CCCN1C(=O)C(O)(CC(=O)c2ccc3c(c2)OCO3)c2cc(Br)ccc21. The summed E-state index contributed by atoms with van der Waals surface area (Å²) in [7, 11) is 0. The van der Waals surface area contributed by atoms with Crippen molar-refractivity contribution in [2.24, 2.45) is 0 Å². The lowest BCUT2D eigenvalue weighted by Gasteiger charge is -2.22. The number of carbonyl (C=O) groups excluding carboxylic acids is 2. The van der Waals surface area contributed by atoms with Gasteiger partial charge in [0.05, 0.1) is 12.1 Å². The Hall–Kier alpha value is -2.38. The van der Waals surface area contributed by atoms with Crippen molar-refractivity contribution in [3.8, 4) is 11.5 Å². The second-order valence-corrected chi connectivity index (χ2v) is 7.56. The maximum atomic E-state index is 13.0. The molecular weight excluding hydrogens is 414 g/mol. The Labute approximate surface area is 164 Å². The molecule has 0 saturated heterocycles. The summed E-state index contributed by atoms with van der Waals surface area (Å²) in [4.78, 5) is 27.4. The highest BCUT2D eigenvalue weighted by Gasteiger charge is 2.50. The quantitative estimate of drug-likeness (QED) is 0.734. The molecule has 2 heterocycles. The Morgan fingerprint density at radius 3 is 2.78 bits per heavy atom. The van der Waals surface area contributed by atoms with Crippen LogP contribution in [0.4, 0.5) is 5.69 Å². The molecule has 4 rings (SSSR count). The van der Waals surface area contributed by atoms with Gasteiger partial charge in [0.25, 0.3) is 5.91 Å². The molecule has 2 aliphatic heterocycles. The van der Waals surface area contributed by atoms with E-state index >= 15 is 0 Å². The van der Waals surface area contributed by atoms with Crippen molar-refractivity contribution in [1.29, 1.82) is 0 Å². The van der Waals surface area contributed by atoms with Gasteiger partial charge in [0.2, 0.25) is 6.79 Å². The van der Waals surface area contributed by atoms with Gasteiger partial charge in [-0.2, -0.15) is 0 Å². The number of hydrogen-bond acceptors (Lipinski definition) is 5. The Morgan fingerprint density at radius 2 is 2.00 bits per heavy atom. The number of fused-ring (bicyclic) bond motifs is 2. The molecule has 6 nitrogen and oxygen atoms in total. The number of Topliss-reactive ketones (excluding diaryl/α,β-unsaturated/α-hetero) is 1. The third-order valence-electron chi connectivity index (χ3n) is 4.85. The second kappa shape index (κ2) is 6.65. The van der Waals surface area contributed by atoms with Gasteiger partial charge in [-0.3, -0.25) is 9.59 Å². The molecule has 2 aromatic rings. The van der Waals surface area contributed by atoms with Crippen molar-refractivity contribution in [2.45, 2.75) is 25.4 Å². The Morgan fingerprint density at radius 1 is 1.22 bits per heavy atom. The third-order valence-corrected chi connectivity index (χ3v) is 5.35. The van der Waals surface area contributed by atoms with Crippen LogP contribution in [-0.4, -0.2) is 30.1 Å². The lowest BCUT2D eigenvalue weighted by molar-refractivity contribution is -0.135. The Bertz CT molecular complexity index is 944. The molecule has 1 atom stereocenters. The first-order valence-electron chi connectivity index (χ1n) is 8.71. The number of hydrogen-bond donors (Lipinski definition) is 1. The molecule has 140 valence electrons. The zero-order valence-corrected chi connectivity index (χ0v) is 16.3. The largest absolute Gasteiger partial charge is 0.454 e. The van der Waals surface area contributed by atoms with Gasteiger partial charge in [0.15, 0.2) is 22.9 Å². The molecule has 0 spiro atoms. The van der Waals surface area contributed by atoms with Crippen molar-refractivity contribution < 1.29 is 24.2 Å². The fourth-order valence-corrected chi connectivity index (χ4v) is 3.90. The average molecular weight is 432 g/mol. The number of rotatable bonds is 5. The van der Waals surface area contributed by atoms with Crippen LogP contribution in [0.15, 0.2) is 40.9 Å². The van der Waals surface area contributed by atoms with Crippen molar-refractivity contribution in [1.82, 2.24) is 0 Å². The standard InChI is InChI=1S/C20H18BrNO5/c1-2-7-22-15-5-4-13(21)9-14(15)20(25,19(22)24)10-16(23)12-3-6-17-18(8-12)27-11-26-17/h3-6,8-9,25H,2,7,10-11H2,1H3. The molecule has 27 heavy (non-hydrogen) atoms. The minimum absolute atomic E-state index is 0.114. The van der Waals surface area contributed by atoms with E-state index in [9.17, 15) is 14.7 Å². The molecule has 0 saturated carbocycles. The Balaban J connectivity index is 1.69. The molecule has 1 amide bonds. The van der Waals surface area contributed by atoms with Crippen LogP contribution in [0.2, 0.25) is 0 Å². The number of anilines is 1. The fraction of sp³-hybridized carbons (Fsp3) is 0.300. The first kappa shape index (κ1) is 18.0. The zero-order valence-electron chi connectivity index (χ0n) is 14.7. The number of ether oxygens (including phenoxy) is 2. The smallest absolute Gasteiger partial charge is 0.264 e. The van der Waals surface area contributed by atoms with E-state index in [-0.39, 0.29) is 19.0 Å². The molecule has 0 fully saturated rings. The van der Waals surface area contributed by atoms with E-state index in [4.69, 9.17) is 9.47 Å². The number of nitrogens with zero attached hydrogens (tertiary/aromatic N) is 1. The van der Waals surface area contributed by atoms with Crippen LogP contribution in [0.5, 0.6) is 11.5 Å². The molecule has 0 aliphatic carbocycles. The number of benzene rings is 2. The van der Waals surface area contributed by atoms with Gasteiger partial charge in [-0.25, -0.2) is 0 Å². The van der Waals surface area contributed by atoms with E-state index in [0.29, 0.717) is 34.9 Å². The second-order valence-electron chi connectivity index (χ2n) is 6.65. The van der Waals surface area contributed by atoms with Gasteiger partial charge in [-0.1, -0.05) is 22.9 Å². The highest BCUT2D eigenvalue weighted by molar-refractivity contribution is 9.10. The van der Waals surface area contributed by atoms with Gasteiger partial charge < -0.3 is 19.5 Å². The lowest BCUT2D eigenvalue weighted by Crippen LogP contribution is -2.42. The van der Waals surface area contributed by atoms with E-state index in [1.807, 2.05) is 13.0 Å². The highest BCUT2D eigenvalue weighted by Crippen LogP contribution is 2.44. The lowest BCUT2D eigenvalue weighted by atomic mass is 9.88. The van der Waals surface area contributed by atoms with Crippen LogP contribution in [0.25, 0.3) is 0 Å². The van der Waals surface area contributed by atoms with Crippen molar-refractivity contribution >= 4 is 33.3 Å². The van der Waals surface area contributed by atoms with E-state index in [1.54, 1.807) is 35.2 Å². The van der Waals surface area contributed by atoms with E-state index in [0.717, 1.165) is 10.9 Å². The summed E-state index contributed by atoms with van der Waals surface area (Å²) >= 11 is 3.38. The number of ketones is 1. The fourth-order valence-electron chi connectivity index (χ4n) is 3.54. The number of aliphatic hydroxyl groups is 1. The third kappa shape index (κ3) is 2.91. The van der Waals surface area contributed by atoms with Crippen molar-refractivity contribution in [3.63, 3.8) is 0 Å². The van der Waals surface area contributed by atoms with E-state index < -0.39 is 11.5 Å². The number of carbonyl (C=O) groups is 2. The molecule has 0 bridgehead atoms. The summed E-state index contributed by atoms with van der Waals surface area (Å²) < 4.78 is 11.3. The van der Waals surface area contributed by atoms with Crippen LogP contribution in [-0.2, 0) is 10.4 Å². The molecule has 0 radical (unpaired) electrons. The summed E-state index contributed by atoms with van der Waals surface area (Å²) in [5.74, 6) is 0.256. The maximum Gasteiger partial charge on any atom is 0.264 e. The van der Waals surface area contributed by atoms with Crippen LogP contribution in [0, 0.1) is 0 Å². The van der Waals surface area contributed by atoms with Gasteiger partial charge in [-0.05, 0) is 42.8 Å². The monoisotopic (exact) mass is 431 g/mol. The van der Waals surface area contributed by atoms with Crippen LogP contribution >= 0.6 is 15.9 Å². The molecule has 1 N–H and O–H groups in total. The molecule has 1 unspecified atom stereocenters. The predicted molar refractivity (Wildman–Crippen MR) is 102 cm³/mol. The number of amides is 1. The topological polar surface area (TPSA) is 76.1 Å². The summed E-state index contributed by atoms with van der Waals surface area (Å²) in [6.45, 7) is 2.55. The van der Waals surface area contributed by atoms with Gasteiger partial charge in [0, 0.05) is 22.1 Å². The molecule has 2 aliphatic rings. The molecule has 7 heteroatoms. The molecule has 2 aromatic carbocycles. The zero-order chi connectivity index (χ0) is 19.2. The Kier molecular flexibility index (Phi) is 4.44. The van der Waals surface area contributed by atoms with Gasteiger partial charge >= 0.3 is 0 Å². The maximum absolute atomic E-state index is 13.0. The molecule has 0 aromatic heterocycles. The first-order chi connectivity index (χ1) is 12.9.